The van der Waals surface area contributed by atoms with Gasteiger partial charge in [-0.1, -0.05) is 93.5 Å². The zero-order valence-corrected chi connectivity index (χ0v) is 21.6. The molecular formula is C27H29N3O3S2. The van der Waals surface area contributed by atoms with Crippen molar-refractivity contribution in [3.05, 3.63) is 65.1 Å². The molecular weight excluding hydrogens is 478 g/mol. The van der Waals surface area contributed by atoms with Crippen molar-refractivity contribution in [3.8, 4) is 0 Å². The van der Waals surface area contributed by atoms with E-state index >= 15 is 0 Å². The molecule has 3 amide bonds. The molecule has 1 N–H and O–H groups in total. The van der Waals surface area contributed by atoms with Crippen molar-refractivity contribution >= 4 is 63.0 Å². The molecule has 1 atom stereocenters. The maximum Gasteiger partial charge on any atom is 0.267 e. The van der Waals surface area contributed by atoms with Gasteiger partial charge < -0.3 is 5.32 Å². The van der Waals surface area contributed by atoms with Gasteiger partial charge in [0.15, 0.2) is 0 Å². The van der Waals surface area contributed by atoms with Gasteiger partial charge >= 0.3 is 0 Å². The minimum absolute atomic E-state index is 0.149. The average Bonchev–Trinajstić information content (AvgIpc) is 3.29. The number of hydrogen-bond donors (Lipinski definition) is 1. The summed E-state index contributed by atoms with van der Waals surface area (Å²) in [5.41, 5.74) is 2.26. The third kappa shape index (κ3) is 5.33. The van der Waals surface area contributed by atoms with Gasteiger partial charge in [-0.2, -0.15) is 0 Å². The van der Waals surface area contributed by atoms with Crippen molar-refractivity contribution in [2.24, 2.45) is 5.92 Å². The smallest absolute Gasteiger partial charge is 0.267 e. The summed E-state index contributed by atoms with van der Waals surface area (Å²) in [6, 6.07) is 16.4. The number of unbranched alkanes of at least 4 members (excludes halogenated alkanes) is 1. The van der Waals surface area contributed by atoms with Crippen LogP contribution in [0.1, 0.15) is 45.1 Å². The van der Waals surface area contributed by atoms with E-state index in [0.29, 0.717) is 44.2 Å². The Morgan fingerprint density at radius 2 is 1.71 bits per heavy atom. The Bertz CT molecular complexity index is 1180. The normalized spacial score (nSPS) is 18.3. The van der Waals surface area contributed by atoms with Crippen LogP contribution in [0.5, 0.6) is 0 Å². The highest BCUT2D eigenvalue weighted by Gasteiger charge is 2.42. The summed E-state index contributed by atoms with van der Waals surface area (Å²) in [6.45, 7) is 4.71. The van der Waals surface area contributed by atoms with Gasteiger partial charge in [0.05, 0.1) is 16.2 Å². The number of rotatable bonds is 9. The Morgan fingerprint density at radius 1 is 1.00 bits per heavy atom. The molecule has 2 heterocycles. The quantitative estimate of drug-likeness (QED) is 0.361. The van der Waals surface area contributed by atoms with Crippen molar-refractivity contribution in [2.75, 3.05) is 23.3 Å². The fourth-order valence-electron chi connectivity index (χ4n) is 4.40. The molecule has 2 aromatic rings. The molecule has 1 saturated heterocycles. The van der Waals surface area contributed by atoms with Crippen LogP contribution in [0, 0.1) is 5.92 Å². The van der Waals surface area contributed by atoms with Crippen molar-refractivity contribution in [2.45, 2.75) is 39.5 Å². The van der Waals surface area contributed by atoms with E-state index in [2.05, 4.69) is 19.2 Å². The van der Waals surface area contributed by atoms with Gasteiger partial charge in [0.25, 0.3) is 11.8 Å². The third-order valence-electron chi connectivity index (χ3n) is 6.34. The Hall–Kier alpha value is -2.97. The van der Waals surface area contributed by atoms with Crippen molar-refractivity contribution < 1.29 is 14.4 Å². The predicted octanol–water partition coefficient (Wildman–Crippen LogP) is 5.46. The monoisotopic (exact) mass is 507 g/mol. The molecule has 182 valence electrons. The van der Waals surface area contributed by atoms with Crippen molar-refractivity contribution in [1.82, 2.24) is 4.90 Å². The Morgan fingerprint density at radius 3 is 2.43 bits per heavy atom. The van der Waals surface area contributed by atoms with E-state index in [9.17, 15) is 14.4 Å². The second-order valence-electron chi connectivity index (χ2n) is 8.73. The molecule has 0 radical (unpaired) electrons. The number of carbonyl (C=O) groups excluding carboxylic acids is 3. The lowest BCUT2D eigenvalue weighted by Gasteiger charge is -2.21. The lowest BCUT2D eigenvalue weighted by atomic mass is 9.98. The molecule has 0 bridgehead atoms. The summed E-state index contributed by atoms with van der Waals surface area (Å²) in [5.74, 6) is -0.516. The molecule has 0 aromatic heterocycles. The van der Waals surface area contributed by atoms with Crippen LogP contribution in [-0.2, 0) is 14.4 Å². The second-order valence-corrected chi connectivity index (χ2v) is 10.4. The second kappa shape index (κ2) is 11.2. The van der Waals surface area contributed by atoms with Crippen LogP contribution in [-0.4, -0.2) is 40.0 Å². The molecule has 8 heteroatoms. The summed E-state index contributed by atoms with van der Waals surface area (Å²) < 4.78 is 0.484. The number of thioether (sulfide) groups is 1. The van der Waals surface area contributed by atoms with Gasteiger partial charge in [-0.25, -0.2) is 0 Å². The van der Waals surface area contributed by atoms with Crippen molar-refractivity contribution in [3.63, 3.8) is 0 Å². The third-order valence-corrected chi connectivity index (χ3v) is 7.79. The van der Waals surface area contributed by atoms with Crippen LogP contribution in [0.15, 0.2) is 59.5 Å². The highest BCUT2D eigenvalue weighted by molar-refractivity contribution is 8.26. The van der Waals surface area contributed by atoms with E-state index in [1.54, 1.807) is 23.1 Å². The van der Waals surface area contributed by atoms with Crippen LogP contribution >= 0.6 is 24.0 Å². The molecule has 4 rings (SSSR count). The van der Waals surface area contributed by atoms with Crippen LogP contribution in [0.3, 0.4) is 0 Å². The number of hydrogen-bond acceptors (Lipinski definition) is 5. The van der Waals surface area contributed by atoms with Gasteiger partial charge in [-0.3, -0.25) is 24.2 Å². The van der Waals surface area contributed by atoms with Crippen LogP contribution < -0.4 is 10.2 Å². The van der Waals surface area contributed by atoms with Gasteiger partial charge in [0, 0.05) is 17.8 Å². The molecule has 6 nitrogen and oxygen atoms in total. The summed E-state index contributed by atoms with van der Waals surface area (Å²) in [6.07, 6.45) is 4.23. The fourth-order valence-corrected chi connectivity index (χ4v) is 5.75. The molecule has 0 aliphatic carbocycles. The number of nitrogens with one attached hydrogen (secondary N) is 1. The number of para-hydroxylation sites is 2. The minimum atomic E-state index is -0.354. The van der Waals surface area contributed by atoms with Gasteiger partial charge in [0.2, 0.25) is 5.91 Å². The first-order valence-electron chi connectivity index (χ1n) is 12.0. The standard InChI is InChI=1S/C27H29N3O3S2/c1-3-5-11-18(4-2)16-30-26(33)24(35-27(30)34)23-20-14-9-10-15-21(20)29(25(23)32)17-22(31)28-19-12-7-6-8-13-19/h6-10,12-15,18H,3-5,11,16-17H2,1-2H3,(H,28,31)/b24-23-/t18-/m0/s1. The zero-order valence-electron chi connectivity index (χ0n) is 20.0. The molecule has 0 saturated carbocycles. The molecule has 0 spiro atoms. The molecule has 35 heavy (non-hydrogen) atoms. The number of nitrogens with zero attached hydrogens (tertiary/aromatic N) is 2. The van der Waals surface area contributed by atoms with Crippen molar-refractivity contribution in [1.29, 1.82) is 0 Å². The maximum atomic E-state index is 13.6. The molecule has 2 aliphatic rings. The molecule has 1 fully saturated rings. The largest absolute Gasteiger partial charge is 0.325 e. The summed E-state index contributed by atoms with van der Waals surface area (Å²) >= 11 is 6.75. The minimum Gasteiger partial charge on any atom is -0.325 e. The Kier molecular flexibility index (Phi) is 8.03. The van der Waals surface area contributed by atoms with E-state index in [-0.39, 0.29) is 24.3 Å². The van der Waals surface area contributed by atoms with E-state index in [4.69, 9.17) is 12.2 Å². The highest BCUT2D eigenvalue weighted by Crippen LogP contribution is 2.44. The highest BCUT2D eigenvalue weighted by atomic mass is 32.2. The van der Waals surface area contributed by atoms with Crippen LogP contribution in [0.2, 0.25) is 0 Å². The van der Waals surface area contributed by atoms with Gasteiger partial charge in [-0.05, 0) is 30.5 Å². The summed E-state index contributed by atoms with van der Waals surface area (Å²) in [4.78, 5) is 43.2. The number of fused-ring (bicyclic) bond motifs is 1. The number of thiocarbonyl (C=S) groups is 1. The lowest BCUT2D eigenvalue weighted by molar-refractivity contribution is -0.123. The van der Waals surface area contributed by atoms with E-state index in [0.717, 1.165) is 25.7 Å². The van der Waals surface area contributed by atoms with Gasteiger partial charge in [0.1, 0.15) is 10.9 Å². The average molecular weight is 508 g/mol. The molecule has 2 aliphatic heterocycles. The number of benzene rings is 2. The number of carbonyl (C=O) groups is 3. The topological polar surface area (TPSA) is 69.7 Å². The summed E-state index contributed by atoms with van der Waals surface area (Å²) in [5, 5.41) is 2.82. The lowest BCUT2D eigenvalue weighted by Crippen LogP contribution is -2.36. The van der Waals surface area contributed by atoms with Crippen LogP contribution in [0.25, 0.3) is 5.57 Å². The maximum absolute atomic E-state index is 13.6. The predicted molar refractivity (Wildman–Crippen MR) is 146 cm³/mol. The number of anilines is 2. The van der Waals surface area contributed by atoms with Gasteiger partial charge in [-0.15, -0.1) is 0 Å². The molecule has 0 unspecified atom stereocenters. The Labute approximate surface area is 215 Å². The van der Waals surface area contributed by atoms with E-state index in [1.165, 1.54) is 16.7 Å². The van der Waals surface area contributed by atoms with E-state index < -0.39 is 0 Å². The Balaban J connectivity index is 1.59. The van der Waals surface area contributed by atoms with E-state index in [1.807, 2.05) is 36.4 Å². The molecule has 2 aromatic carbocycles. The van der Waals surface area contributed by atoms with Crippen LogP contribution in [0.4, 0.5) is 11.4 Å². The first-order chi connectivity index (χ1) is 16.9. The fraction of sp³-hybridized carbons (Fsp3) is 0.333. The summed E-state index contributed by atoms with van der Waals surface area (Å²) in [7, 11) is 0. The first kappa shape index (κ1) is 25.1. The zero-order chi connectivity index (χ0) is 24.9. The SMILES string of the molecule is CCCC[C@H](CC)CN1C(=O)/C(=C2/C(=O)N(CC(=O)Nc3ccccc3)c3ccccc32)SC1=S. The number of amides is 3. The first-order valence-corrected chi connectivity index (χ1v) is 13.2.